The first-order valence-electron chi connectivity index (χ1n) is 6.42. The van der Waals surface area contributed by atoms with E-state index in [1.54, 1.807) is 12.1 Å². The van der Waals surface area contributed by atoms with Crippen LogP contribution in [0, 0.1) is 0 Å². The van der Waals surface area contributed by atoms with Crippen molar-refractivity contribution in [3.05, 3.63) is 70.2 Å². The molecule has 0 fully saturated rings. The molecule has 2 aromatic rings. The number of hydrogen-bond donors (Lipinski definition) is 0. The van der Waals surface area contributed by atoms with Gasteiger partial charge in [0, 0.05) is 22.4 Å². The third-order valence-corrected chi connectivity index (χ3v) is 3.78. The molecule has 0 aliphatic heterocycles. The Morgan fingerprint density at radius 2 is 1.60 bits per heavy atom. The Kier molecular flexibility index (Phi) is 4.85. The third kappa shape index (κ3) is 3.64. The molecule has 0 saturated carbocycles. The van der Waals surface area contributed by atoms with Gasteiger partial charge in [-0.3, -0.25) is 9.59 Å². The van der Waals surface area contributed by atoms with Crippen molar-refractivity contribution in [2.45, 2.75) is 19.3 Å². The van der Waals surface area contributed by atoms with Gasteiger partial charge in [-0.25, -0.2) is 0 Å². The first kappa shape index (κ1) is 14.7. The highest BCUT2D eigenvalue weighted by Crippen LogP contribution is 2.24. The number of carbonyl (C=O) groups excluding carboxylic acids is 2. The van der Waals surface area contributed by atoms with Gasteiger partial charge in [0.25, 0.3) is 0 Å². The number of rotatable bonds is 5. The predicted molar refractivity (Wildman–Crippen MR) is 83.0 cm³/mol. The number of hydrogen-bond acceptors (Lipinski definition) is 2. The smallest absolute Gasteiger partial charge is 0.163 e. The molecule has 3 heteroatoms. The van der Waals surface area contributed by atoms with E-state index in [4.69, 9.17) is 0 Å². The standard InChI is InChI=1S/C17H15BrO2/c1-12(19)16(13-7-9-15(18)10-8-13)11-17(20)14-5-3-2-4-6-14/h2-10,16H,11H2,1H3. The molecular weight excluding hydrogens is 316 g/mol. The van der Waals surface area contributed by atoms with Gasteiger partial charge in [-0.05, 0) is 24.6 Å². The molecule has 2 aromatic carbocycles. The van der Waals surface area contributed by atoms with E-state index < -0.39 is 0 Å². The molecule has 0 radical (unpaired) electrons. The first-order valence-corrected chi connectivity index (χ1v) is 7.21. The number of halogens is 1. The van der Waals surface area contributed by atoms with Crippen LogP contribution in [0.5, 0.6) is 0 Å². The van der Waals surface area contributed by atoms with Crippen LogP contribution in [0.3, 0.4) is 0 Å². The van der Waals surface area contributed by atoms with Gasteiger partial charge < -0.3 is 0 Å². The minimum atomic E-state index is -0.379. The molecular formula is C17H15BrO2. The van der Waals surface area contributed by atoms with Crippen LogP contribution in [0.1, 0.15) is 35.2 Å². The Balaban J connectivity index is 2.20. The lowest BCUT2D eigenvalue weighted by Gasteiger charge is -2.13. The largest absolute Gasteiger partial charge is 0.299 e. The summed E-state index contributed by atoms with van der Waals surface area (Å²) in [6, 6.07) is 16.6. The fourth-order valence-electron chi connectivity index (χ4n) is 2.12. The summed E-state index contributed by atoms with van der Waals surface area (Å²) in [6.45, 7) is 1.53. The zero-order valence-corrected chi connectivity index (χ0v) is 12.8. The van der Waals surface area contributed by atoms with Gasteiger partial charge in [0.15, 0.2) is 5.78 Å². The summed E-state index contributed by atoms with van der Waals surface area (Å²) in [7, 11) is 0. The summed E-state index contributed by atoms with van der Waals surface area (Å²) >= 11 is 3.37. The minimum Gasteiger partial charge on any atom is -0.299 e. The molecule has 0 N–H and O–H groups in total. The summed E-state index contributed by atoms with van der Waals surface area (Å²) in [6.07, 6.45) is 0.209. The average molecular weight is 331 g/mol. The molecule has 0 heterocycles. The molecule has 0 saturated heterocycles. The van der Waals surface area contributed by atoms with Crippen LogP contribution in [0.4, 0.5) is 0 Å². The van der Waals surface area contributed by atoms with Gasteiger partial charge >= 0.3 is 0 Å². The molecule has 2 rings (SSSR count). The lowest BCUT2D eigenvalue weighted by molar-refractivity contribution is -0.118. The number of benzene rings is 2. The summed E-state index contributed by atoms with van der Waals surface area (Å²) in [5.74, 6) is -0.374. The van der Waals surface area contributed by atoms with Crippen molar-refractivity contribution in [1.29, 1.82) is 0 Å². The van der Waals surface area contributed by atoms with Crippen LogP contribution >= 0.6 is 15.9 Å². The van der Waals surface area contributed by atoms with E-state index in [2.05, 4.69) is 15.9 Å². The zero-order chi connectivity index (χ0) is 14.5. The third-order valence-electron chi connectivity index (χ3n) is 3.25. The molecule has 0 aliphatic carbocycles. The van der Waals surface area contributed by atoms with Gasteiger partial charge in [-0.15, -0.1) is 0 Å². The van der Waals surface area contributed by atoms with Crippen molar-refractivity contribution in [2.24, 2.45) is 0 Å². The second kappa shape index (κ2) is 6.62. The highest BCUT2D eigenvalue weighted by atomic mass is 79.9. The van der Waals surface area contributed by atoms with Crippen molar-refractivity contribution in [3.8, 4) is 0 Å². The monoisotopic (exact) mass is 330 g/mol. The fourth-order valence-corrected chi connectivity index (χ4v) is 2.38. The molecule has 102 valence electrons. The maximum absolute atomic E-state index is 12.2. The average Bonchev–Trinajstić information content (AvgIpc) is 2.46. The molecule has 0 amide bonds. The predicted octanol–water partition coefficient (Wildman–Crippen LogP) is 4.39. The molecule has 20 heavy (non-hydrogen) atoms. The Hall–Kier alpha value is -1.74. The van der Waals surface area contributed by atoms with Gasteiger partial charge in [0.1, 0.15) is 5.78 Å². The second-order valence-corrected chi connectivity index (χ2v) is 5.62. The van der Waals surface area contributed by atoms with Crippen molar-refractivity contribution >= 4 is 27.5 Å². The number of carbonyl (C=O) groups is 2. The summed E-state index contributed by atoms with van der Waals surface area (Å²) < 4.78 is 0.956. The quantitative estimate of drug-likeness (QED) is 0.761. The summed E-state index contributed by atoms with van der Waals surface area (Å²) in [5, 5.41) is 0. The van der Waals surface area contributed by atoms with Crippen LogP contribution < -0.4 is 0 Å². The van der Waals surface area contributed by atoms with E-state index >= 15 is 0 Å². The molecule has 0 aliphatic rings. The van der Waals surface area contributed by atoms with Gasteiger partial charge in [-0.1, -0.05) is 58.4 Å². The number of Topliss-reactive ketones (excluding diaryl/α,β-unsaturated/α-hetero) is 2. The maximum atomic E-state index is 12.2. The van der Waals surface area contributed by atoms with Crippen LogP contribution in [0.15, 0.2) is 59.1 Å². The fraction of sp³-hybridized carbons (Fsp3) is 0.176. The topological polar surface area (TPSA) is 34.1 Å². The highest BCUT2D eigenvalue weighted by Gasteiger charge is 2.21. The first-order chi connectivity index (χ1) is 9.58. The Morgan fingerprint density at radius 1 is 1.00 bits per heavy atom. The molecule has 1 unspecified atom stereocenters. The summed E-state index contributed by atoms with van der Waals surface area (Å²) in [4.78, 5) is 24.1. The Bertz CT molecular complexity index is 603. The minimum absolute atomic E-state index is 0.00582. The van der Waals surface area contributed by atoms with Gasteiger partial charge in [-0.2, -0.15) is 0 Å². The molecule has 2 nitrogen and oxygen atoms in total. The van der Waals surface area contributed by atoms with Crippen molar-refractivity contribution in [2.75, 3.05) is 0 Å². The molecule has 0 spiro atoms. The van der Waals surface area contributed by atoms with E-state index in [0.29, 0.717) is 5.56 Å². The lowest BCUT2D eigenvalue weighted by atomic mass is 9.89. The normalized spacial score (nSPS) is 11.9. The van der Waals surface area contributed by atoms with Crippen molar-refractivity contribution < 1.29 is 9.59 Å². The Labute approximate surface area is 127 Å². The van der Waals surface area contributed by atoms with E-state index in [1.807, 2.05) is 42.5 Å². The lowest BCUT2D eigenvalue weighted by Crippen LogP contribution is -2.14. The SMILES string of the molecule is CC(=O)C(CC(=O)c1ccccc1)c1ccc(Br)cc1. The van der Waals surface area contributed by atoms with Crippen molar-refractivity contribution in [1.82, 2.24) is 0 Å². The van der Waals surface area contributed by atoms with Crippen LogP contribution in [-0.2, 0) is 4.79 Å². The van der Waals surface area contributed by atoms with Crippen LogP contribution in [0.25, 0.3) is 0 Å². The van der Waals surface area contributed by atoms with Crippen LogP contribution in [-0.4, -0.2) is 11.6 Å². The molecule has 0 bridgehead atoms. The second-order valence-electron chi connectivity index (χ2n) is 4.71. The Morgan fingerprint density at radius 3 is 2.15 bits per heavy atom. The van der Waals surface area contributed by atoms with E-state index in [-0.39, 0.29) is 23.9 Å². The molecule has 1 atom stereocenters. The van der Waals surface area contributed by atoms with Crippen molar-refractivity contribution in [3.63, 3.8) is 0 Å². The van der Waals surface area contributed by atoms with Gasteiger partial charge in [0.05, 0.1) is 0 Å². The van der Waals surface area contributed by atoms with E-state index in [0.717, 1.165) is 10.0 Å². The van der Waals surface area contributed by atoms with Crippen LogP contribution in [0.2, 0.25) is 0 Å². The van der Waals surface area contributed by atoms with E-state index in [9.17, 15) is 9.59 Å². The van der Waals surface area contributed by atoms with E-state index in [1.165, 1.54) is 6.92 Å². The highest BCUT2D eigenvalue weighted by molar-refractivity contribution is 9.10. The number of ketones is 2. The van der Waals surface area contributed by atoms with Gasteiger partial charge in [0.2, 0.25) is 0 Å². The molecule has 0 aromatic heterocycles. The summed E-state index contributed by atoms with van der Waals surface area (Å²) in [5.41, 5.74) is 1.53. The zero-order valence-electron chi connectivity index (χ0n) is 11.2. The maximum Gasteiger partial charge on any atom is 0.163 e.